The molecule has 4 heteroatoms. The number of aliphatic imine (C=N–C) groups is 1. The maximum absolute atomic E-state index is 4.68. The van der Waals surface area contributed by atoms with E-state index >= 15 is 0 Å². The van der Waals surface area contributed by atoms with Crippen LogP contribution in [0.15, 0.2) is 16.6 Å². The fourth-order valence-electron chi connectivity index (χ4n) is 2.46. The van der Waals surface area contributed by atoms with Gasteiger partial charge in [0.25, 0.3) is 0 Å². The van der Waals surface area contributed by atoms with Gasteiger partial charge in [-0.3, -0.25) is 4.99 Å². The molecular weight excluding hydrogens is 194 g/mol. The van der Waals surface area contributed by atoms with E-state index in [1.807, 2.05) is 0 Å². The van der Waals surface area contributed by atoms with Crippen LogP contribution in [0, 0.1) is 5.41 Å². The van der Waals surface area contributed by atoms with Crippen molar-refractivity contribution in [2.75, 3.05) is 26.2 Å². The minimum atomic E-state index is 0.462. The molecule has 3 aliphatic heterocycles. The van der Waals surface area contributed by atoms with E-state index < -0.39 is 0 Å². The van der Waals surface area contributed by atoms with Gasteiger partial charge in [0, 0.05) is 24.7 Å². The van der Waals surface area contributed by atoms with Crippen molar-refractivity contribution < 1.29 is 0 Å². The average Bonchev–Trinajstić information content (AvgIpc) is 2.66. The molecule has 0 bridgehead atoms. The van der Waals surface area contributed by atoms with E-state index in [2.05, 4.69) is 26.8 Å². The molecular formula is C10H15N3S. The highest BCUT2D eigenvalue weighted by Gasteiger charge is 2.38. The highest BCUT2D eigenvalue weighted by molar-refractivity contribution is 8.16. The third-order valence-electron chi connectivity index (χ3n) is 3.38. The lowest BCUT2D eigenvalue weighted by Gasteiger charge is -2.42. The van der Waals surface area contributed by atoms with E-state index in [0.29, 0.717) is 5.41 Å². The van der Waals surface area contributed by atoms with E-state index in [9.17, 15) is 0 Å². The zero-order valence-corrected chi connectivity index (χ0v) is 9.02. The molecule has 1 fully saturated rings. The topological polar surface area (TPSA) is 27.6 Å². The second kappa shape index (κ2) is 3.28. The Morgan fingerprint density at radius 3 is 3.14 bits per heavy atom. The molecule has 0 atom stereocenters. The molecule has 0 aromatic heterocycles. The van der Waals surface area contributed by atoms with E-state index in [1.165, 1.54) is 24.6 Å². The van der Waals surface area contributed by atoms with Crippen LogP contribution in [0.2, 0.25) is 0 Å². The summed E-state index contributed by atoms with van der Waals surface area (Å²) in [7, 11) is 0. The first-order chi connectivity index (χ1) is 6.88. The maximum Gasteiger partial charge on any atom is 0.167 e. The van der Waals surface area contributed by atoms with Gasteiger partial charge >= 0.3 is 0 Å². The van der Waals surface area contributed by atoms with Crippen LogP contribution in [0.5, 0.6) is 0 Å². The predicted molar refractivity (Wildman–Crippen MR) is 60.3 cm³/mol. The van der Waals surface area contributed by atoms with E-state index in [1.54, 1.807) is 11.8 Å². The van der Waals surface area contributed by atoms with Crippen LogP contribution in [-0.2, 0) is 0 Å². The van der Waals surface area contributed by atoms with Gasteiger partial charge in [-0.1, -0.05) is 11.8 Å². The van der Waals surface area contributed by atoms with Crippen molar-refractivity contribution in [3.63, 3.8) is 0 Å². The Kier molecular flexibility index (Phi) is 2.06. The van der Waals surface area contributed by atoms with Gasteiger partial charge in [0.1, 0.15) is 0 Å². The second-order valence-corrected chi connectivity index (χ2v) is 5.25. The molecule has 0 saturated carbocycles. The minimum absolute atomic E-state index is 0.462. The second-order valence-electron chi connectivity index (χ2n) is 4.38. The molecule has 0 radical (unpaired) electrons. The number of piperidine rings is 1. The fraction of sp³-hybridized carbons (Fsp3) is 0.700. The number of hydrogen-bond acceptors (Lipinski definition) is 4. The Bertz CT molecular complexity index is 292. The van der Waals surface area contributed by atoms with Crippen LogP contribution in [0.25, 0.3) is 0 Å². The van der Waals surface area contributed by atoms with Gasteiger partial charge in [-0.15, -0.1) is 0 Å². The Balaban J connectivity index is 1.81. The summed E-state index contributed by atoms with van der Waals surface area (Å²) in [5.74, 6) is 0. The Labute approximate surface area is 88.6 Å². The molecule has 76 valence electrons. The number of amidine groups is 1. The van der Waals surface area contributed by atoms with Crippen molar-refractivity contribution in [2.24, 2.45) is 10.4 Å². The Morgan fingerprint density at radius 2 is 2.29 bits per heavy atom. The molecule has 1 N–H and O–H groups in total. The summed E-state index contributed by atoms with van der Waals surface area (Å²) in [6, 6.07) is 0. The largest absolute Gasteiger partial charge is 0.326 e. The molecule has 0 amide bonds. The van der Waals surface area contributed by atoms with Gasteiger partial charge in [0.05, 0.1) is 0 Å². The molecule has 0 aromatic rings. The summed E-state index contributed by atoms with van der Waals surface area (Å²) in [5.41, 5.74) is 0.462. The highest BCUT2D eigenvalue weighted by atomic mass is 32.2. The molecule has 0 unspecified atom stereocenters. The van der Waals surface area contributed by atoms with Crippen molar-refractivity contribution >= 4 is 16.9 Å². The Morgan fingerprint density at radius 1 is 1.43 bits per heavy atom. The van der Waals surface area contributed by atoms with Gasteiger partial charge in [-0.05, 0) is 31.3 Å². The van der Waals surface area contributed by atoms with Gasteiger partial charge in [-0.2, -0.15) is 0 Å². The van der Waals surface area contributed by atoms with Crippen molar-refractivity contribution in [3.8, 4) is 0 Å². The molecule has 1 saturated heterocycles. The lowest BCUT2D eigenvalue weighted by molar-refractivity contribution is 0.169. The van der Waals surface area contributed by atoms with Crippen LogP contribution in [0.1, 0.15) is 12.8 Å². The zero-order valence-electron chi connectivity index (χ0n) is 8.20. The third-order valence-corrected chi connectivity index (χ3v) is 4.21. The zero-order chi connectivity index (χ0) is 9.43. The van der Waals surface area contributed by atoms with E-state index in [-0.39, 0.29) is 0 Å². The monoisotopic (exact) mass is 209 g/mol. The normalized spacial score (nSPS) is 29.1. The van der Waals surface area contributed by atoms with Gasteiger partial charge < -0.3 is 10.2 Å². The lowest BCUT2D eigenvalue weighted by Crippen LogP contribution is -2.48. The SMILES string of the molecule is C1=CN2CC3(CCNCC3)CN=C2S1. The third kappa shape index (κ3) is 1.37. The van der Waals surface area contributed by atoms with Gasteiger partial charge in [-0.25, -0.2) is 0 Å². The molecule has 1 spiro atoms. The molecule has 14 heavy (non-hydrogen) atoms. The summed E-state index contributed by atoms with van der Waals surface area (Å²) in [6.45, 7) is 4.54. The molecule has 0 aliphatic carbocycles. The minimum Gasteiger partial charge on any atom is -0.326 e. The van der Waals surface area contributed by atoms with Gasteiger partial charge in [0.2, 0.25) is 0 Å². The van der Waals surface area contributed by atoms with Crippen molar-refractivity contribution in [3.05, 3.63) is 11.6 Å². The van der Waals surface area contributed by atoms with Crippen LogP contribution >= 0.6 is 11.8 Å². The van der Waals surface area contributed by atoms with Gasteiger partial charge in [0.15, 0.2) is 5.17 Å². The Hall–Kier alpha value is -0.480. The van der Waals surface area contributed by atoms with Crippen molar-refractivity contribution in [1.82, 2.24) is 10.2 Å². The summed E-state index contributed by atoms with van der Waals surface area (Å²) >= 11 is 1.75. The first kappa shape index (κ1) is 8.80. The highest BCUT2D eigenvalue weighted by Crippen LogP contribution is 2.36. The van der Waals surface area contributed by atoms with Crippen LogP contribution < -0.4 is 5.32 Å². The van der Waals surface area contributed by atoms with E-state index in [0.717, 1.165) is 19.6 Å². The number of rotatable bonds is 0. The average molecular weight is 209 g/mol. The molecule has 0 aromatic carbocycles. The van der Waals surface area contributed by atoms with Crippen LogP contribution in [0.3, 0.4) is 0 Å². The number of nitrogens with zero attached hydrogens (tertiary/aromatic N) is 2. The fourth-order valence-corrected chi connectivity index (χ4v) is 3.19. The summed E-state index contributed by atoms with van der Waals surface area (Å²) < 4.78 is 0. The number of hydrogen-bond donors (Lipinski definition) is 1. The quantitative estimate of drug-likeness (QED) is 0.650. The number of fused-ring (bicyclic) bond motifs is 1. The first-order valence-electron chi connectivity index (χ1n) is 5.23. The summed E-state index contributed by atoms with van der Waals surface area (Å²) in [6.07, 6.45) is 4.73. The number of thioether (sulfide) groups is 1. The number of nitrogens with one attached hydrogen (secondary N) is 1. The standard InChI is InChI=1S/C10H15N3S/c1-3-11-4-2-10(1)7-12-9-13(8-10)5-6-14-9/h5-6,11H,1-4,7-8H2. The van der Waals surface area contributed by atoms with Crippen molar-refractivity contribution in [1.29, 1.82) is 0 Å². The lowest BCUT2D eigenvalue weighted by atomic mass is 9.78. The summed E-state index contributed by atoms with van der Waals surface area (Å²) in [5, 5.41) is 6.77. The first-order valence-corrected chi connectivity index (χ1v) is 6.11. The molecule has 3 rings (SSSR count). The molecule has 3 aliphatic rings. The molecule has 3 heterocycles. The van der Waals surface area contributed by atoms with Crippen LogP contribution in [-0.4, -0.2) is 36.2 Å². The maximum atomic E-state index is 4.68. The predicted octanol–water partition coefficient (Wildman–Crippen LogP) is 1.25. The van der Waals surface area contributed by atoms with E-state index in [4.69, 9.17) is 0 Å². The van der Waals surface area contributed by atoms with Crippen LogP contribution in [0.4, 0.5) is 0 Å². The summed E-state index contributed by atoms with van der Waals surface area (Å²) in [4.78, 5) is 7.00. The smallest absolute Gasteiger partial charge is 0.167 e. The van der Waals surface area contributed by atoms with Crippen molar-refractivity contribution in [2.45, 2.75) is 12.8 Å². The molecule has 3 nitrogen and oxygen atoms in total.